The van der Waals surface area contributed by atoms with Gasteiger partial charge in [-0.1, -0.05) is 13.0 Å². The predicted octanol–water partition coefficient (Wildman–Crippen LogP) is 2.68. The van der Waals surface area contributed by atoms with E-state index in [1.54, 1.807) is 18.5 Å². The van der Waals surface area contributed by atoms with E-state index in [4.69, 9.17) is 0 Å². The van der Waals surface area contributed by atoms with Gasteiger partial charge >= 0.3 is 0 Å². The van der Waals surface area contributed by atoms with Crippen molar-refractivity contribution in [3.63, 3.8) is 0 Å². The van der Waals surface area contributed by atoms with E-state index < -0.39 is 0 Å². The van der Waals surface area contributed by atoms with Crippen LogP contribution < -0.4 is 0 Å². The quantitative estimate of drug-likeness (QED) is 0.540. The van der Waals surface area contributed by atoms with E-state index in [1.165, 1.54) is 0 Å². The molecule has 0 radical (unpaired) electrons. The van der Waals surface area contributed by atoms with Crippen molar-refractivity contribution >= 4 is 11.2 Å². The van der Waals surface area contributed by atoms with Crippen LogP contribution in [0.2, 0.25) is 0 Å². The number of aryl methyl sites for hydroxylation is 1. The molecule has 0 fully saturated rings. The lowest BCUT2D eigenvalue weighted by molar-refractivity contribution is 0.477. The standard InChI is InChI=1S/C16H14N6O/c1-2-13-12(6-14-16(19-13)21-22-20-14)11-4-3-9(5-15(11)23)10-7-17-18-8-10/h3-8,23H,2H2,1H3,(H,17,18)(H,19,20,21,22). The third-order valence-electron chi connectivity index (χ3n) is 3.84. The van der Waals surface area contributed by atoms with Crippen LogP contribution in [0.25, 0.3) is 33.4 Å². The number of aromatic hydroxyl groups is 1. The molecule has 4 rings (SSSR count). The van der Waals surface area contributed by atoms with Crippen LogP contribution in [-0.2, 0) is 6.42 Å². The van der Waals surface area contributed by atoms with E-state index in [2.05, 4.69) is 30.6 Å². The maximum atomic E-state index is 10.5. The SMILES string of the molecule is CCc1nc2n[nH]nc2cc1-c1ccc(-c2cn[nH]c2)cc1O. The third-order valence-corrected chi connectivity index (χ3v) is 3.84. The lowest BCUT2D eigenvalue weighted by atomic mass is 9.98. The Bertz CT molecular complexity index is 974. The molecule has 0 unspecified atom stereocenters. The topological polar surface area (TPSA) is 103 Å². The average molecular weight is 306 g/mol. The summed E-state index contributed by atoms with van der Waals surface area (Å²) in [4.78, 5) is 4.51. The van der Waals surface area contributed by atoms with Crippen LogP contribution in [0.15, 0.2) is 36.7 Å². The highest BCUT2D eigenvalue weighted by atomic mass is 16.3. The lowest BCUT2D eigenvalue weighted by Gasteiger charge is -2.10. The Hall–Kier alpha value is -3.22. The first kappa shape index (κ1) is 13.4. The molecule has 4 aromatic rings. The normalized spacial score (nSPS) is 11.2. The molecule has 3 heterocycles. The smallest absolute Gasteiger partial charge is 0.201 e. The van der Waals surface area contributed by atoms with Crippen molar-refractivity contribution in [1.29, 1.82) is 0 Å². The summed E-state index contributed by atoms with van der Waals surface area (Å²) < 4.78 is 0. The number of aromatic amines is 2. The molecule has 0 saturated heterocycles. The van der Waals surface area contributed by atoms with Crippen LogP contribution in [0.4, 0.5) is 0 Å². The molecule has 23 heavy (non-hydrogen) atoms. The summed E-state index contributed by atoms with van der Waals surface area (Å²) in [5.41, 5.74) is 5.55. The second kappa shape index (κ2) is 5.20. The molecule has 0 spiro atoms. The number of phenols is 1. The second-order valence-corrected chi connectivity index (χ2v) is 5.22. The Morgan fingerprint density at radius 2 is 2.00 bits per heavy atom. The van der Waals surface area contributed by atoms with Gasteiger partial charge in [-0.15, -0.1) is 5.10 Å². The minimum atomic E-state index is 0.197. The highest BCUT2D eigenvalue weighted by Crippen LogP contribution is 2.35. The molecule has 0 atom stereocenters. The zero-order valence-corrected chi connectivity index (χ0v) is 12.4. The zero-order valence-electron chi connectivity index (χ0n) is 12.4. The van der Waals surface area contributed by atoms with Gasteiger partial charge in [-0.05, 0) is 30.2 Å². The molecule has 0 aliphatic carbocycles. The average Bonchev–Trinajstić information content (AvgIpc) is 3.24. The van der Waals surface area contributed by atoms with E-state index >= 15 is 0 Å². The van der Waals surface area contributed by atoms with Gasteiger partial charge in [0.1, 0.15) is 11.3 Å². The monoisotopic (exact) mass is 306 g/mol. The number of nitrogens with one attached hydrogen (secondary N) is 2. The molecule has 0 aliphatic heterocycles. The van der Waals surface area contributed by atoms with Crippen molar-refractivity contribution in [3.8, 4) is 28.0 Å². The fourth-order valence-corrected chi connectivity index (χ4v) is 2.67. The summed E-state index contributed by atoms with van der Waals surface area (Å²) in [6, 6.07) is 7.47. The highest BCUT2D eigenvalue weighted by Gasteiger charge is 2.14. The van der Waals surface area contributed by atoms with Crippen LogP contribution in [-0.4, -0.2) is 35.7 Å². The Balaban J connectivity index is 1.87. The molecule has 114 valence electrons. The zero-order chi connectivity index (χ0) is 15.8. The number of fused-ring (bicyclic) bond motifs is 1. The number of hydrogen-bond acceptors (Lipinski definition) is 5. The van der Waals surface area contributed by atoms with Crippen molar-refractivity contribution < 1.29 is 5.11 Å². The van der Waals surface area contributed by atoms with Crippen molar-refractivity contribution in [1.82, 2.24) is 30.6 Å². The molecular formula is C16H14N6O. The molecule has 0 aliphatic rings. The van der Waals surface area contributed by atoms with E-state index in [0.717, 1.165) is 34.4 Å². The minimum absolute atomic E-state index is 0.197. The number of aromatic nitrogens is 6. The summed E-state index contributed by atoms with van der Waals surface area (Å²) >= 11 is 0. The summed E-state index contributed by atoms with van der Waals surface area (Å²) in [5, 5.41) is 27.8. The van der Waals surface area contributed by atoms with Crippen molar-refractivity contribution in [2.75, 3.05) is 0 Å². The molecule has 1 aromatic carbocycles. The van der Waals surface area contributed by atoms with Gasteiger partial charge in [0.15, 0.2) is 0 Å². The van der Waals surface area contributed by atoms with Crippen molar-refractivity contribution in [2.24, 2.45) is 0 Å². The first-order valence-electron chi connectivity index (χ1n) is 7.29. The van der Waals surface area contributed by atoms with Crippen LogP contribution >= 0.6 is 0 Å². The number of phenolic OH excluding ortho intramolecular Hbond substituents is 1. The Morgan fingerprint density at radius 1 is 1.09 bits per heavy atom. The van der Waals surface area contributed by atoms with Crippen LogP contribution in [0.5, 0.6) is 5.75 Å². The van der Waals surface area contributed by atoms with Gasteiger partial charge in [0, 0.05) is 22.9 Å². The van der Waals surface area contributed by atoms with Gasteiger partial charge in [-0.2, -0.15) is 15.4 Å². The fraction of sp³-hybridized carbons (Fsp3) is 0.125. The molecule has 7 heteroatoms. The van der Waals surface area contributed by atoms with Crippen LogP contribution in [0, 0.1) is 0 Å². The summed E-state index contributed by atoms with van der Waals surface area (Å²) in [7, 11) is 0. The van der Waals surface area contributed by atoms with Crippen molar-refractivity contribution in [3.05, 3.63) is 42.4 Å². The Kier molecular flexibility index (Phi) is 3.04. The summed E-state index contributed by atoms with van der Waals surface area (Å²) in [6.45, 7) is 2.02. The maximum absolute atomic E-state index is 10.5. The Morgan fingerprint density at radius 3 is 2.74 bits per heavy atom. The number of pyridine rings is 1. The molecule has 3 aromatic heterocycles. The van der Waals surface area contributed by atoms with E-state index in [-0.39, 0.29) is 5.75 Å². The predicted molar refractivity (Wildman–Crippen MR) is 85.7 cm³/mol. The van der Waals surface area contributed by atoms with E-state index in [9.17, 15) is 5.11 Å². The van der Waals surface area contributed by atoms with Gasteiger partial charge in [0.25, 0.3) is 0 Å². The first-order valence-corrected chi connectivity index (χ1v) is 7.29. The molecule has 0 bridgehead atoms. The van der Waals surface area contributed by atoms with Crippen molar-refractivity contribution in [2.45, 2.75) is 13.3 Å². The van der Waals surface area contributed by atoms with Gasteiger partial charge in [0.05, 0.1) is 11.9 Å². The van der Waals surface area contributed by atoms with Gasteiger partial charge < -0.3 is 5.11 Å². The van der Waals surface area contributed by atoms with Gasteiger partial charge in [-0.25, -0.2) is 4.98 Å². The number of nitrogens with zero attached hydrogens (tertiary/aromatic N) is 4. The number of hydrogen-bond donors (Lipinski definition) is 3. The number of benzene rings is 1. The molecule has 3 N–H and O–H groups in total. The molecule has 0 amide bonds. The molecule has 7 nitrogen and oxygen atoms in total. The Labute approximate surface area is 131 Å². The highest BCUT2D eigenvalue weighted by molar-refractivity contribution is 5.83. The first-order chi connectivity index (χ1) is 11.3. The fourth-order valence-electron chi connectivity index (χ4n) is 2.67. The van der Waals surface area contributed by atoms with Crippen LogP contribution in [0.1, 0.15) is 12.6 Å². The second-order valence-electron chi connectivity index (χ2n) is 5.22. The van der Waals surface area contributed by atoms with E-state index in [0.29, 0.717) is 11.2 Å². The van der Waals surface area contributed by atoms with Crippen LogP contribution in [0.3, 0.4) is 0 Å². The van der Waals surface area contributed by atoms with Gasteiger partial charge in [-0.3, -0.25) is 5.10 Å². The van der Waals surface area contributed by atoms with Gasteiger partial charge in [0.2, 0.25) is 5.65 Å². The molecule has 0 saturated carbocycles. The summed E-state index contributed by atoms with van der Waals surface area (Å²) in [6.07, 6.45) is 4.24. The molecular weight excluding hydrogens is 292 g/mol. The minimum Gasteiger partial charge on any atom is -0.507 e. The number of H-pyrrole nitrogens is 2. The number of rotatable bonds is 3. The maximum Gasteiger partial charge on any atom is 0.201 e. The third kappa shape index (κ3) is 2.22. The largest absolute Gasteiger partial charge is 0.507 e. The lowest BCUT2D eigenvalue weighted by Crippen LogP contribution is -1.94. The summed E-state index contributed by atoms with van der Waals surface area (Å²) in [5.74, 6) is 0.197. The van der Waals surface area contributed by atoms with E-state index in [1.807, 2.05) is 25.1 Å².